The average molecular weight is 447 g/mol. The summed E-state index contributed by atoms with van der Waals surface area (Å²) in [6, 6.07) is 16.1. The molecule has 0 radical (unpaired) electrons. The molecule has 0 unspecified atom stereocenters. The van der Waals surface area contributed by atoms with E-state index in [2.05, 4.69) is 12.2 Å². The van der Waals surface area contributed by atoms with Gasteiger partial charge in [0.05, 0.1) is 32.0 Å². The molecule has 0 spiro atoms. The van der Waals surface area contributed by atoms with Gasteiger partial charge in [-0.1, -0.05) is 19.1 Å². The maximum Gasteiger partial charge on any atom is 0.332 e. The van der Waals surface area contributed by atoms with Gasteiger partial charge in [0.2, 0.25) is 5.91 Å². The highest BCUT2D eigenvalue weighted by molar-refractivity contribution is 6.22. The topological polar surface area (TPSA) is 92.1 Å². The molecule has 1 fully saturated rings. The Morgan fingerprint density at radius 3 is 2.39 bits per heavy atom. The predicted molar refractivity (Wildman–Crippen MR) is 123 cm³/mol. The van der Waals surface area contributed by atoms with E-state index >= 15 is 0 Å². The number of urea groups is 1. The van der Waals surface area contributed by atoms with E-state index in [0.29, 0.717) is 22.9 Å². The molecule has 1 N–H and O–H groups in total. The lowest BCUT2D eigenvalue weighted by molar-refractivity contribution is -0.124. The first-order valence-electron chi connectivity index (χ1n) is 10.7. The van der Waals surface area contributed by atoms with Crippen molar-refractivity contribution in [3.8, 4) is 5.75 Å². The van der Waals surface area contributed by atoms with E-state index < -0.39 is 18.0 Å². The molecule has 3 aromatic rings. The maximum atomic E-state index is 13.3. The second-order valence-electron chi connectivity index (χ2n) is 7.68. The largest absolute Gasteiger partial charge is 0.497 e. The van der Waals surface area contributed by atoms with Crippen molar-refractivity contribution in [2.75, 3.05) is 17.3 Å². The van der Waals surface area contributed by atoms with Crippen LogP contribution in [0.1, 0.15) is 24.7 Å². The molecule has 170 valence electrons. The number of methoxy groups -OCH3 is 1. The van der Waals surface area contributed by atoms with Crippen LogP contribution >= 0.6 is 0 Å². The highest BCUT2D eigenvalue weighted by Gasteiger charge is 2.47. The highest BCUT2D eigenvalue weighted by atomic mass is 16.5. The fourth-order valence-electron chi connectivity index (χ4n) is 3.76. The molecule has 4 rings (SSSR count). The Kier molecular flexibility index (Phi) is 6.44. The van der Waals surface area contributed by atoms with Gasteiger partial charge in [0, 0.05) is 5.69 Å². The summed E-state index contributed by atoms with van der Waals surface area (Å²) < 4.78 is 10.5. The number of anilines is 2. The molecule has 0 bridgehead atoms. The quantitative estimate of drug-likeness (QED) is 0.522. The van der Waals surface area contributed by atoms with Gasteiger partial charge in [-0.05, 0) is 60.5 Å². The van der Waals surface area contributed by atoms with E-state index in [9.17, 15) is 14.4 Å². The van der Waals surface area contributed by atoms with Crippen molar-refractivity contribution in [3.05, 3.63) is 78.3 Å². The Labute approximate surface area is 191 Å². The molecular formula is C25H25N3O5. The number of nitrogens with zero attached hydrogens (tertiary/aromatic N) is 2. The molecule has 2 heterocycles. The number of carbonyl (C=O) groups excluding carboxylic acids is 3. The van der Waals surface area contributed by atoms with Crippen LogP contribution < -0.4 is 15.0 Å². The van der Waals surface area contributed by atoms with E-state index in [1.54, 1.807) is 36.4 Å². The van der Waals surface area contributed by atoms with Crippen LogP contribution in [0.4, 0.5) is 16.2 Å². The molecule has 4 amide bonds. The number of aryl methyl sites for hydroxylation is 1. The summed E-state index contributed by atoms with van der Waals surface area (Å²) in [6.45, 7) is 2.13. The van der Waals surface area contributed by atoms with Crippen LogP contribution in [-0.2, 0) is 22.6 Å². The van der Waals surface area contributed by atoms with E-state index in [1.165, 1.54) is 18.3 Å². The number of carbonyl (C=O) groups is 3. The Balaban J connectivity index is 1.56. The molecular weight excluding hydrogens is 422 g/mol. The van der Waals surface area contributed by atoms with Crippen LogP contribution in [0.15, 0.2) is 71.3 Å². The number of imide groups is 1. The first kappa shape index (κ1) is 22.1. The summed E-state index contributed by atoms with van der Waals surface area (Å²) in [4.78, 5) is 41.8. The molecule has 1 aromatic heterocycles. The molecule has 2 aromatic carbocycles. The molecule has 8 heteroatoms. The minimum absolute atomic E-state index is 0.0768. The molecule has 1 atom stereocenters. The number of ether oxygens (including phenoxy) is 1. The third kappa shape index (κ3) is 4.74. The smallest absolute Gasteiger partial charge is 0.332 e. The van der Waals surface area contributed by atoms with Gasteiger partial charge < -0.3 is 19.4 Å². The van der Waals surface area contributed by atoms with Gasteiger partial charge in [-0.15, -0.1) is 0 Å². The highest BCUT2D eigenvalue weighted by Crippen LogP contribution is 2.30. The molecule has 0 aliphatic carbocycles. The van der Waals surface area contributed by atoms with Crippen molar-refractivity contribution in [1.82, 2.24) is 4.90 Å². The number of hydrogen-bond donors (Lipinski definition) is 1. The van der Waals surface area contributed by atoms with Crippen LogP contribution in [0, 0.1) is 0 Å². The fourth-order valence-corrected chi connectivity index (χ4v) is 3.76. The predicted octanol–water partition coefficient (Wildman–Crippen LogP) is 4.22. The summed E-state index contributed by atoms with van der Waals surface area (Å²) in [5.41, 5.74) is 2.20. The Bertz CT molecular complexity index is 1120. The SMILES string of the molecule is CCc1ccc(NC(=O)C[C@H]2C(=O)N(c3ccc(OC)cc3)C(=O)N2Cc2ccco2)cc1. The lowest BCUT2D eigenvalue weighted by atomic mass is 10.1. The Morgan fingerprint density at radius 1 is 1.06 bits per heavy atom. The molecule has 1 aliphatic heterocycles. The summed E-state index contributed by atoms with van der Waals surface area (Å²) in [5, 5.41) is 2.82. The zero-order valence-corrected chi connectivity index (χ0v) is 18.5. The van der Waals surface area contributed by atoms with Gasteiger partial charge in [-0.3, -0.25) is 9.59 Å². The van der Waals surface area contributed by atoms with Crippen molar-refractivity contribution >= 4 is 29.2 Å². The third-order valence-corrected chi connectivity index (χ3v) is 5.58. The number of benzene rings is 2. The third-order valence-electron chi connectivity index (χ3n) is 5.58. The number of nitrogens with one attached hydrogen (secondary N) is 1. The fraction of sp³-hybridized carbons (Fsp3) is 0.240. The van der Waals surface area contributed by atoms with Crippen LogP contribution in [0.3, 0.4) is 0 Å². The van der Waals surface area contributed by atoms with E-state index in [0.717, 1.165) is 16.9 Å². The number of amides is 4. The minimum Gasteiger partial charge on any atom is -0.497 e. The second-order valence-corrected chi connectivity index (χ2v) is 7.68. The second kappa shape index (κ2) is 9.60. The van der Waals surface area contributed by atoms with Crippen molar-refractivity contribution in [2.45, 2.75) is 32.4 Å². The standard InChI is InChI=1S/C25H25N3O5/c1-3-17-6-8-18(9-7-17)26-23(29)15-22-24(30)28(19-10-12-20(32-2)13-11-19)25(31)27(22)16-21-5-4-14-33-21/h4-14,22H,3,15-16H2,1-2H3,(H,26,29)/t22-/m0/s1. The average Bonchev–Trinajstić information content (AvgIpc) is 3.42. The van der Waals surface area contributed by atoms with Gasteiger partial charge >= 0.3 is 6.03 Å². The van der Waals surface area contributed by atoms with Gasteiger partial charge in [0.15, 0.2) is 0 Å². The van der Waals surface area contributed by atoms with Crippen LogP contribution in [0.5, 0.6) is 5.75 Å². The zero-order valence-electron chi connectivity index (χ0n) is 18.5. The molecule has 0 saturated carbocycles. The van der Waals surface area contributed by atoms with Crippen molar-refractivity contribution in [3.63, 3.8) is 0 Å². The maximum absolute atomic E-state index is 13.3. The summed E-state index contributed by atoms with van der Waals surface area (Å²) in [6.07, 6.45) is 2.23. The Hall–Kier alpha value is -4.07. The minimum atomic E-state index is -0.959. The normalized spacial score (nSPS) is 15.8. The number of hydrogen-bond acceptors (Lipinski definition) is 5. The van der Waals surface area contributed by atoms with E-state index in [-0.39, 0.29) is 18.9 Å². The molecule has 8 nitrogen and oxygen atoms in total. The zero-order chi connectivity index (χ0) is 23.4. The van der Waals surface area contributed by atoms with Crippen molar-refractivity contribution in [1.29, 1.82) is 0 Å². The van der Waals surface area contributed by atoms with Crippen molar-refractivity contribution < 1.29 is 23.5 Å². The summed E-state index contributed by atoms with van der Waals surface area (Å²) in [7, 11) is 1.54. The molecule has 1 aliphatic rings. The summed E-state index contributed by atoms with van der Waals surface area (Å²) in [5.74, 6) is 0.309. The monoisotopic (exact) mass is 447 g/mol. The van der Waals surface area contributed by atoms with Crippen LogP contribution in [0.2, 0.25) is 0 Å². The van der Waals surface area contributed by atoms with Crippen LogP contribution in [0.25, 0.3) is 0 Å². The van der Waals surface area contributed by atoms with Crippen LogP contribution in [-0.4, -0.2) is 35.9 Å². The van der Waals surface area contributed by atoms with Gasteiger partial charge in [-0.25, -0.2) is 9.69 Å². The lowest BCUT2D eigenvalue weighted by Gasteiger charge is -2.20. The van der Waals surface area contributed by atoms with E-state index in [1.807, 2.05) is 24.3 Å². The van der Waals surface area contributed by atoms with E-state index in [4.69, 9.17) is 9.15 Å². The Morgan fingerprint density at radius 2 is 1.79 bits per heavy atom. The molecule has 1 saturated heterocycles. The van der Waals surface area contributed by atoms with Crippen molar-refractivity contribution in [2.24, 2.45) is 0 Å². The first-order chi connectivity index (χ1) is 16.0. The molecule has 33 heavy (non-hydrogen) atoms. The summed E-state index contributed by atoms with van der Waals surface area (Å²) >= 11 is 0. The number of rotatable bonds is 8. The lowest BCUT2D eigenvalue weighted by Crippen LogP contribution is -2.37. The number of furan rings is 1. The van der Waals surface area contributed by atoms with Gasteiger partial charge in [0.1, 0.15) is 17.6 Å². The van der Waals surface area contributed by atoms with Gasteiger partial charge in [-0.2, -0.15) is 0 Å². The first-order valence-corrected chi connectivity index (χ1v) is 10.7. The van der Waals surface area contributed by atoms with Gasteiger partial charge in [0.25, 0.3) is 5.91 Å².